The molecule has 2 rings (SSSR count). The first-order chi connectivity index (χ1) is 7.75. The van der Waals surface area contributed by atoms with Crippen LogP contribution >= 0.6 is 0 Å². The quantitative estimate of drug-likeness (QED) is 0.790. The minimum atomic E-state index is 0.287. The van der Waals surface area contributed by atoms with Crippen molar-refractivity contribution in [3.05, 3.63) is 0 Å². The van der Waals surface area contributed by atoms with E-state index in [0.717, 1.165) is 31.5 Å². The molecule has 16 heavy (non-hydrogen) atoms. The molecule has 3 heteroatoms. The SMILES string of the molecule is CC1CCC(CCN2CCNCC2=O)CC1. The van der Waals surface area contributed by atoms with E-state index in [-0.39, 0.29) is 5.91 Å². The van der Waals surface area contributed by atoms with Crippen molar-refractivity contribution >= 4 is 5.91 Å². The number of hydrogen-bond donors (Lipinski definition) is 1. The number of carbonyl (C=O) groups excluding carboxylic acids is 1. The van der Waals surface area contributed by atoms with Gasteiger partial charge in [0, 0.05) is 19.6 Å². The van der Waals surface area contributed by atoms with Gasteiger partial charge in [-0.15, -0.1) is 0 Å². The smallest absolute Gasteiger partial charge is 0.236 e. The highest BCUT2D eigenvalue weighted by Crippen LogP contribution is 2.30. The van der Waals surface area contributed by atoms with Crippen molar-refractivity contribution in [2.24, 2.45) is 11.8 Å². The van der Waals surface area contributed by atoms with Crippen molar-refractivity contribution in [3.63, 3.8) is 0 Å². The minimum Gasteiger partial charge on any atom is -0.340 e. The summed E-state index contributed by atoms with van der Waals surface area (Å²) < 4.78 is 0. The van der Waals surface area contributed by atoms with Crippen LogP contribution in [0.25, 0.3) is 0 Å². The van der Waals surface area contributed by atoms with Crippen molar-refractivity contribution in [1.82, 2.24) is 10.2 Å². The monoisotopic (exact) mass is 224 g/mol. The van der Waals surface area contributed by atoms with Gasteiger partial charge >= 0.3 is 0 Å². The molecule has 0 radical (unpaired) electrons. The van der Waals surface area contributed by atoms with Crippen LogP contribution in [-0.2, 0) is 4.79 Å². The predicted octanol–water partition coefficient (Wildman–Crippen LogP) is 1.63. The van der Waals surface area contributed by atoms with Gasteiger partial charge in [-0.1, -0.05) is 32.6 Å². The van der Waals surface area contributed by atoms with Crippen molar-refractivity contribution < 1.29 is 4.79 Å². The van der Waals surface area contributed by atoms with Crippen LogP contribution in [0.4, 0.5) is 0 Å². The summed E-state index contributed by atoms with van der Waals surface area (Å²) in [5.41, 5.74) is 0. The number of hydrogen-bond acceptors (Lipinski definition) is 2. The Kier molecular flexibility index (Phi) is 4.22. The Bertz CT molecular complexity index is 234. The van der Waals surface area contributed by atoms with Gasteiger partial charge in [-0.2, -0.15) is 0 Å². The molecule has 92 valence electrons. The number of piperazine rings is 1. The summed E-state index contributed by atoms with van der Waals surface area (Å²) in [5.74, 6) is 2.09. The van der Waals surface area contributed by atoms with E-state index in [1.54, 1.807) is 0 Å². The van der Waals surface area contributed by atoms with Crippen LogP contribution < -0.4 is 5.32 Å². The summed E-state index contributed by atoms with van der Waals surface area (Å²) in [6.45, 7) is 5.76. The summed E-state index contributed by atoms with van der Waals surface area (Å²) in [6.07, 6.45) is 6.75. The molecule has 1 aliphatic carbocycles. The highest BCUT2D eigenvalue weighted by molar-refractivity contribution is 5.78. The standard InChI is InChI=1S/C13H24N2O/c1-11-2-4-12(5-3-11)6-8-15-9-7-14-10-13(15)16/h11-12,14H,2-10H2,1H3. The molecule has 0 bridgehead atoms. The van der Waals surface area contributed by atoms with Gasteiger partial charge in [0.2, 0.25) is 5.91 Å². The predicted molar refractivity (Wildman–Crippen MR) is 65.2 cm³/mol. The van der Waals surface area contributed by atoms with Gasteiger partial charge in [0.15, 0.2) is 0 Å². The molecule has 1 heterocycles. The number of nitrogens with one attached hydrogen (secondary N) is 1. The first kappa shape index (κ1) is 11.9. The molecule has 1 saturated carbocycles. The number of nitrogens with zero attached hydrogens (tertiary/aromatic N) is 1. The molecule has 0 aromatic heterocycles. The maximum absolute atomic E-state index is 11.6. The molecule has 0 atom stereocenters. The van der Waals surface area contributed by atoms with Crippen LogP contribution in [0, 0.1) is 11.8 Å². The van der Waals surface area contributed by atoms with E-state index in [0.29, 0.717) is 6.54 Å². The largest absolute Gasteiger partial charge is 0.340 e. The van der Waals surface area contributed by atoms with E-state index in [9.17, 15) is 4.79 Å². The van der Waals surface area contributed by atoms with Crippen LogP contribution in [-0.4, -0.2) is 37.0 Å². The molecule has 0 aromatic carbocycles. The van der Waals surface area contributed by atoms with Crippen LogP contribution in [0.3, 0.4) is 0 Å². The van der Waals surface area contributed by atoms with Crippen molar-refractivity contribution in [2.45, 2.75) is 39.0 Å². The van der Waals surface area contributed by atoms with Gasteiger partial charge in [-0.05, 0) is 18.3 Å². The third-order valence-electron chi connectivity index (χ3n) is 4.13. The summed E-state index contributed by atoms with van der Waals surface area (Å²) in [4.78, 5) is 13.6. The van der Waals surface area contributed by atoms with Gasteiger partial charge in [0.05, 0.1) is 6.54 Å². The zero-order valence-electron chi connectivity index (χ0n) is 10.4. The fourth-order valence-corrected chi connectivity index (χ4v) is 2.84. The molecule has 1 aliphatic heterocycles. The number of amides is 1. The second kappa shape index (κ2) is 5.67. The molecule has 2 aliphatic rings. The third kappa shape index (κ3) is 3.21. The Labute approximate surface area is 98.6 Å². The van der Waals surface area contributed by atoms with E-state index in [1.165, 1.54) is 32.1 Å². The lowest BCUT2D eigenvalue weighted by Gasteiger charge is -2.31. The van der Waals surface area contributed by atoms with Crippen LogP contribution in [0.5, 0.6) is 0 Å². The van der Waals surface area contributed by atoms with Crippen LogP contribution in [0.2, 0.25) is 0 Å². The fourth-order valence-electron chi connectivity index (χ4n) is 2.84. The van der Waals surface area contributed by atoms with E-state index in [4.69, 9.17) is 0 Å². The molecule has 0 spiro atoms. The van der Waals surface area contributed by atoms with Gasteiger partial charge in [0.1, 0.15) is 0 Å². The van der Waals surface area contributed by atoms with Gasteiger partial charge < -0.3 is 10.2 Å². The Morgan fingerprint density at radius 1 is 1.31 bits per heavy atom. The molecule has 0 unspecified atom stereocenters. The summed E-state index contributed by atoms with van der Waals surface area (Å²) in [6, 6.07) is 0. The molecule has 1 saturated heterocycles. The average Bonchev–Trinajstić information content (AvgIpc) is 2.30. The average molecular weight is 224 g/mol. The minimum absolute atomic E-state index is 0.287. The molecular formula is C13H24N2O. The highest BCUT2D eigenvalue weighted by Gasteiger charge is 2.21. The Morgan fingerprint density at radius 3 is 2.75 bits per heavy atom. The Hall–Kier alpha value is -0.570. The van der Waals surface area contributed by atoms with E-state index in [1.807, 2.05) is 4.90 Å². The second-order valence-corrected chi connectivity index (χ2v) is 5.47. The highest BCUT2D eigenvalue weighted by atomic mass is 16.2. The molecule has 3 nitrogen and oxygen atoms in total. The third-order valence-corrected chi connectivity index (χ3v) is 4.13. The Balaban J connectivity index is 1.68. The van der Waals surface area contributed by atoms with Gasteiger partial charge in [-0.25, -0.2) is 0 Å². The summed E-state index contributed by atoms with van der Waals surface area (Å²) >= 11 is 0. The van der Waals surface area contributed by atoms with E-state index < -0.39 is 0 Å². The first-order valence-corrected chi connectivity index (χ1v) is 6.74. The molecule has 1 N–H and O–H groups in total. The number of rotatable bonds is 3. The fraction of sp³-hybridized carbons (Fsp3) is 0.923. The zero-order valence-corrected chi connectivity index (χ0v) is 10.4. The first-order valence-electron chi connectivity index (χ1n) is 6.74. The summed E-state index contributed by atoms with van der Waals surface area (Å²) in [7, 11) is 0. The lowest BCUT2D eigenvalue weighted by Crippen LogP contribution is -2.48. The van der Waals surface area contributed by atoms with Crippen molar-refractivity contribution in [3.8, 4) is 0 Å². The topological polar surface area (TPSA) is 32.3 Å². The van der Waals surface area contributed by atoms with E-state index >= 15 is 0 Å². The zero-order chi connectivity index (χ0) is 11.4. The van der Waals surface area contributed by atoms with Gasteiger partial charge in [-0.3, -0.25) is 4.79 Å². The maximum Gasteiger partial charge on any atom is 0.236 e. The van der Waals surface area contributed by atoms with E-state index in [2.05, 4.69) is 12.2 Å². The van der Waals surface area contributed by atoms with Gasteiger partial charge in [0.25, 0.3) is 0 Å². The molecule has 1 amide bonds. The van der Waals surface area contributed by atoms with Crippen molar-refractivity contribution in [1.29, 1.82) is 0 Å². The summed E-state index contributed by atoms with van der Waals surface area (Å²) in [5, 5.41) is 3.12. The second-order valence-electron chi connectivity index (χ2n) is 5.47. The molecule has 2 fully saturated rings. The molecular weight excluding hydrogens is 200 g/mol. The lowest BCUT2D eigenvalue weighted by molar-refractivity contribution is -0.132. The lowest BCUT2D eigenvalue weighted by atomic mass is 9.81. The maximum atomic E-state index is 11.6. The Morgan fingerprint density at radius 2 is 2.06 bits per heavy atom. The molecule has 0 aromatic rings. The van der Waals surface area contributed by atoms with Crippen LogP contribution in [0.1, 0.15) is 39.0 Å². The van der Waals surface area contributed by atoms with Crippen LogP contribution in [0.15, 0.2) is 0 Å². The van der Waals surface area contributed by atoms with Crippen molar-refractivity contribution in [2.75, 3.05) is 26.2 Å². The number of carbonyl (C=O) groups is 1. The normalized spacial score (nSPS) is 31.8.